The van der Waals surface area contributed by atoms with Crippen molar-refractivity contribution in [1.82, 2.24) is 0 Å². The zero-order chi connectivity index (χ0) is 15.0. The Hall–Kier alpha value is -2.29. The number of aldehydes is 1. The van der Waals surface area contributed by atoms with Crippen molar-refractivity contribution >= 4 is 6.29 Å². The number of carbonyl (C=O) groups is 1. The zero-order valence-corrected chi connectivity index (χ0v) is 12.5. The molecular formula is C18H18O3. The summed E-state index contributed by atoms with van der Waals surface area (Å²) in [5.74, 6) is 1.55. The van der Waals surface area contributed by atoms with Crippen molar-refractivity contribution in [2.75, 3.05) is 13.7 Å². The lowest BCUT2D eigenvalue weighted by molar-refractivity contribution is 0.112. The highest BCUT2D eigenvalue weighted by Gasteiger charge is 2.31. The van der Waals surface area contributed by atoms with Gasteiger partial charge in [0.25, 0.3) is 0 Å². The molecule has 0 bridgehead atoms. The number of ether oxygens (including phenoxy) is 2. The SMILES string of the molecule is COc1ccc(-c2ccc3c(c2)C(C)(C)CO3)cc1C=O. The number of methoxy groups -OCH3 is 1. The number of rotatable bonds is 3. The molecule has 0 fully saturated rings. The van der Waals surface area contributed by atoms with Crippen LogP contribution in [0.1, 0.15) is 29.8 Å². The van der Waals surface area contributed by atoms with Gasteiger partial charge < -0.3 is 9.47 Å². The van der Waals surface area contributed by atoms with Gasteiger partial charge in [0.1, 0.15) is 11.5 Å². The summed E-state index contributed by atoms with van der Waals surface area (Å²) in [4.78, 5) is 11.2. The zero-order valence-electron chi connectivity index (χ0n) is 12.5. The number of hydrogen-bond donors (Lipinski definition) is 0. The van der Waals surface area contributed by atoms with E-state index in [9.17, 15) is 4.79 Å². The topological polar surface area (TPSA) is 35.5 Å². The highest BCUT2D eigenvalue weighted by molar-refractivity contribution is 5.83. The summed E-state index contributed by atoms with van der Waals surface area (Å²) in [5.41, 5.74) is 3.88. The summed E-state index contributed by atoms with van der Waals surface area (Å²) in [6.45, 7) is 5.05. The maximum absolute atomic E-state index is 11.2. The smallest absolute Gasteiger partial charge is 0.153 e. The van der Waals surface area contributed by atoms with Crippen LogP contribution in [0.5, 0.6) is 11.5 Å². The largest absolute Gasteiger partial charge is 0.496 e. The van der Waals surface area contributed by atoms with Gasteiger partial charge in [-0.05, 0) is 35.4 Å². The minimum atomic E-state index is 0.0191. The van der Waals surface area contributed by atoms with Crippen LogP contribution in [0.2, 0.25) is 0 Å². The Bertz CT molecular complexity index is 702. The molecule has 0 aliphatic carbocycles. The molecule has 3 heteroatoms. The standard InChI is InChI=1S/C18H18O3/c1-18(2)11-21-17-7-5-13(9-15(17)18)12-4-6-16(20-3)14(8-12)10-19/h4-10H,11H2,1-3H3. The number of carbonyl (C=O) groups excluding carboxylic acids is 1. The first-order chi connectivity index (χ1) is 10.0. The van der Waals surface area contributed by atoms with Gasteiger partial charge in [-0.3, -0.25) is 4.79 Å². The minimum Gasteiger partial charge on any atom is -0.496 e. The van der Waals surface area contributed by atoms with Crippen LogP contribution in [-0.2, 0) is 5.41 Å². The molecule has 0 aromatic heterocycles. The van der Waals surface area contributed by atoms with Crippen LogP contribution in [0.3, 0.4) is 0 Å². The first kappa shape index (κ1) is 13.7. The molecule has 1 heterocycles. The summed E-state index contributed by atoms with van der Waals surface area (Å²) in [6, 6.07) is 11.8. The van der Waals surface area contributed by atoms with E-state index in [-0.39, 0.29) is 5.41 Å². The van der Waals surface area contributed by atoms with Gasteiger partial charge in [0.2, 0.25) is 0 Å². The third-order valence-corrected chi connectivity index (χ3v) is 3.99. The average Bonchev–Trinajstić information content (AvgIpc) is 2.81. The molecule has 0 unspecified atom stereocenters. The predicted molar refractivity (Wildman–Crippen MR) is 82.3 cm³/mol. The Labute approximate surface area is 124 Å². The quantitative estimate of drug-likeness (QED) is 0.802. The lowest BCUT2D eigenvalue weighted by atomic mass is 9.85. The normalized spacial score (nSPS) is 15.2. The van der Waals surface area contributed by atoms with E-state index in [2.05, 4.69) is 19.9 Å². The highest BCUT2D eigenvalue weighted by Crippen LogP contribution is 2.40. The van der Waals surface area contributed by atoms with Gasteiger partial charge in [-0.15, -0.1) is 0 Å². The summed E-state index contributed by atoms with van der Waals surface area (Å²) in [6.07, 6.45) is 0.822. The summed E-state index contributed by atoms with van der Waals surface area (Å²) < 4.78 is 10.9. The maximum Gasteiger partial charge on any atom is 0.153 e. The second kappa shape index (κ2) is 4.92. The van der Waals surface area contributed by atoms with E-state index in [1.165, 1.54) is 5.56 Å². The van der Waals surface area contributed by atoms with Gasteiger partial charge in [0.15, 0.2) is 6.29 Å². The Morgan fingerprint density at radius 3 is 2.57 bits per heavy atom. The average molecular weight is 282 g/mol. The third-order valence-electron chi connectivity index (χ3n) is 3.99. The Kier molecular flexibility index (Phi) is 3.20. The molecule has 21 heavy (non-hydrogen) atoms. The third kappa shape index (κ3) is 2.29. The van der Waals surface area contributed by atoms with Crippen molar-refractivity contribution in [2.24, 2.45) is 0 Å². The lowest BCUT2D eigenvalue weighted by Gasteiger charge is -2.16. The second-order valence-corrected chi connectivity index (χ2v) is 5.96. The molecule has 0 amide bonds. The molecule has 2 aromatic carbocycles. The summed E-state index contributed by atoms with van der Waals surface area (Å²) >= 11 is 0. The van der Waals surface area contributed by atoms with Crippen LogP contribution in [0.4, 0.5) is 0 Å². The minimum absolute atomic E-state index is 0.0191. The predicted octanol–water partition coefficient (Wildman–Crippen LogP) is 3.84. The van der Waals surface area contributed by atoms with Gasteiger partial charge in [-0.2, -0.15) is 0 Å². The van der Waals surface area contributed by atoms with Crippen molar-refractivity contribution in [2.45, 2.75) is 19.3 Å². The van der Waals surface area contributed by atoms with Crippen LogP contribution < -0.4 is 9.47 Å². The monoisotopic (exact) mass is 282 g/mol. The fourth-order valence-electron chi connectivity index (χ4n) is 2.71. The van der Waals surface area contributed by atoms with Crippen molar-refractivity contribution in [1.29, 1.82) is 0 Å². The van der Waals surface area contributed by atoms with Gasteiger partial charge in [-0.25, -0.2) is 0 Å². The molecule has 2 aromatic rings. The van der Waals surface area contributed by atoms with Crippen LogP contribution >= 0.6 is 0 Å². The molecule has 1 aliphatic heterocycles. The van der Waals surface area contributed by atoms with Crippen LogP contribution in [0.15, 0.2) is 36.4 Å². The first-order valence-corrected chi connectivity index (χ1v) is 6.96. The van der Waals surface area contributed by atoms with Gasteiger partial charge in [0, 0.05) is 11.0 Å². The van der Waals surface area contributed by atoms with E-state index in [4.69, 9.17) is 9.47 Å². The maximum atomic E-state index is 11.2. The molecule has 1 aliphatic rings. The van der Waals surface area contributed by atoms with Crippen molar-refractivity contribution in [3.05, 3.63) is 47.5 Å². The molecule has 0 spiro atoms. The molecule has 0 atom stereocenters. The van der Waals surface area contributed by atoms with Crippen LogP contribution in [0.25, 0.3) is 11.1 Å². The molecule has 0 N–H and O–H groups in total. The Morgan fingerprint density at radius 1 is 1.14 bits per heavy atom. The van der Waals surface area contributed by atoms with Crippen LogP contribution in [0, 0.1) is 0 Å². The molecule has 108 valence electrons. The van der Waals surface area contributed by atoms with Crippen molar-refractivity contribution in [3.63, 3.8) is 0 Å². The van der Waals surface area contributed by atoms with E-state index in [1.807, 2.05) is 30.3 Å². The van der Waals surface area contributed by atoms with Crippen molar-refractivity contribution in [3.8, 4) is 22.6 Å². The fourth-order valence-corrected chi connectivity index (χ4v) is 2.71. The van der Waals surface area contributed by atoms with Gasteiger partial charge in [-0.1, -0.05) is 26.0 Å². The highest BCUT2D eigenvalue weighted by atomic mass is 16.5. The molecule has 3 nitrogen and oxygen atoms in total. The van der Waals surface area contributed by atoms with E-state index >= 15 is 0 Å². The number of fused-ring (bicyclic) bond motifs is 1. The number of hydrogen-bond acceptors (Lipinski definition) is 3. The molecule has 0 radical (unpaired) electrons. The Balaban J connectivity index is 2.08. The van der Waals surface area contributed by atoms with E-state index < -0.39 is 0 Å². The van der Waals surface area contributed by atoms with Crippen LogP contribution in [-0.4, -0.2) is 20.0 Å². The molecule has 0 saturated heterocycles. The summed E-state index contributed by atoms with van der Waals surface area (Å²) in [7, 11) is 1.57. The van der Waals surface area contributed by atoms with Gasteiger partial charge >= 0.3 is 0 Å². The van der Waals surface area contributed by atoms with E-state index in [1.54, 1.807) is 7.11 Å². The molecule has 0 saturated carbocycles. The first-order valence-electron chi connectivity index (χ1n) is 6.96. The van der Waals surface area contributed by atoms with E-state index in [0.29, 0.717) is 17.9 Å². The Morgan fingerprint density at radius 2 is 1.86 bits per heavy atom. The molecular weight excluding hydrogens is 264 g/mol. The summed E-state index contributed by atoms with van der Waals surface area (Å²) in [5, 5.41) is 0. The van der Waals surface area contributed by atoms with Crippen molar-refractivity contribution < 1.29 is 14.3 Å². The van der Waals surface area contributed by atoms with E-state index in [0.717, 1.165) is 23.2 Å². The molecule has 3 rings (SSSR count). The number of benzene rings is 2. The fraction of sp³-hybridized carbons (Fsp3) is 0.278. The van der Waals surface area contributed by atoms with Gasteiger partial charge in [0.05, 0.1) is 19.3 Å². The lowest BCUT2D eigenvalue weighted by Crippen LogP contribution is -2.18. The second-order valence-electron chi connectivity index (χ2n) is 5.96.